The number of rotatable bonds is 7. The molecule has 1 amide bonds. The largest absolute Gasteiger partial charge is 0.481 e. The van der Waals surface area contributed by atoms with Crippen molar-refractivity contribution in [3.05, 3.63) is 28.5 Å². The van der Waals surface area contributed by atoms with Gasteiger partial charge in [-0.05, 0) is 38.5 Å². The molecular formula is C14H17BrFNO4. The van der Waals surface area contributed by atoms with Gasteiger partial charge in [0.25, 0.3) is 5.91 Å². The van der Waals surface area contributed by atoms with Crippen molar-refractivity contribution in [2.45, 2.75) is 32.2 Å². The average Bonchev–Trinajstić information content (AvgIpc) is 2.35. The van der Waals surface area contributed by atoms with Crippen molar-refractivity contribution in [1.82, 2.24) is 5.32 Å². The van der Waals surface area contributed by atoms with Crippen LogP contribution in [0.3, 0.4) is 0 Å². The van der Waals surface area contributed by atoms with Crippen LogP contribution in [0.25, 0.3) is 0 Å². The van der Waals surface area contributed by atoms with Crippen molar-refractivity contribution >= 4 is 27.8 Å². The van der Waals surface area contributed by atoms with E-state index >= 15 is 0 Å². The summed E-state index contributed by atoms with van der Waals surface area (Å²) in [5.41, 5.74) is -0.670. The molecule has 0 heterocycles. The maximum atomic E-state index is 13.5. The first kappa shape index (κ1) is 17.4. The molecule has 5 nitrogen and oxygen atoms in total. The first-order valence-corrected chi connectivity index (χ1v) is 7.09. The first-order chi connectivity index (χ1) is 9.69. The van der Waals surface area contributed by atoms with Gasteiger partial charge in [-0.15, -0.1) is 0 Å². The fraction of sp³-hybridized carbons (Fsp3) is 0.429. The van der Waals surface area contributed by atoms with E-state index < -0.39 is 23.2 Å². The molecule has 0 aliphatic heterocycles. The number of ether oxygens (including phenoxy) is 1. The number of carboxylic acids is 1. The van der Waals surface area contributed by atoms with Gasteiger partial charge in [-0.1, -0.05) is 15.9 Å². The molecule has 0 saturated heterocycles. The molecule has 116 valence electrons. The molecule has 21 heavy (non-hydrogen) atoms. The van der Waals surface area contributed by atoms with Crippen molar-refractivity contribution in [2.75, 3.05) is 6.61 Å². The number of carboxylic acid groups (broad SMARTS) is 1. The molecule has 0 aliphatic carbocycles. The Morgan fingerprint density at radius 3 is 2.67 bits per heavy atom. The molecule has 0 aromatic heterocycles. The Morgan fingerprint density at radius 2 is 2.10 bits per heavy atom. The molecule has 0 spiro atoms. The van der Waals surface area contributed by atoms with Crippen LogP contribution in [-0.4, -0.2) is 29.1 Å². The highest BCUT2D eigenvalue weighted by atomic mass is 79.9. The number of amides is 1. The summed E-state index contributed by atoms with van der Waals surface area (Å²) in [7, 11) is 0. The van der Waals surface area contributed by atoms with Gasteiger partial charge in [0.05, 0.1) is 0 Å². The zero-order valence-corrected chi connectivity index (χ0v) is 13.4. The first-order valence-electron chi connectivity index (χ1n) is 6.30. The monoisotopic (exact) mass is 361 g/mol. The minimum Gasteiger partial charge on any atom is -0.481 e. The Labute approximate surface area is 130 Å². The van der Waals surface area contributed by atoms with Crippen LogP contribution in [0.2, 0.25) is 0 Å². The van der Waals surface area contributed by atoms with Gasteiger partial charge in [0, 0.05) is 16.4 Å². The Balaban J connectivity index is 2.48. The third kappa shape index (κ3) is 6.57. The van der Waals surface area contributed by atoms with Gasteiger partial charge < -0.3 is 15.2 Å². The van der Waals surface area contributed by atoms with Gasteiger partial charge >= 0.3 is 5.97 Å². The lowest BCUT2D eigenvalue weighted by atomic mass is 9.98. The summed E-state index contributed by atoms with van der Waals surface area (Å²) in [5, 5.41) is 11.3. The fourth-order valence-corrected chi connectivity index (χ4v) is 1.96. The van der Waals surface area contributed by atoms with Gasteiger partial charge in [-0.3, -0.25) is 9.59 Å². The van der Waals surface area contributed by atoms with Gasteiger partial charge in [-0.25, -0.2) is 4.39 Å². The normalized spacial score (nSPS) is 11.0. The highest BCUT2D eigenvalue weighted by Crippen LogP contribution is 2.21. The van der Waals surface area contributed by atoms with Crippen molar-refractivity contribution in [3.63, 3.8) is 0 Å². The van der Waals surface area contributed by atoms with Crippen LogP contribution in [0.4, 0.5) is 4.39 Å². The summed E-state index contributed by atoms with van der Waals surface area (Å²) in [6.45, 7) is 3.09. The number of hydrogen-bond acceptors (Lipinski definition) is 3. The molecular weight excluding hydrogens is 345 g/mol. The van der Waals surface area contributed by atoms with E-state index in [1.807, 2.05) is 0 Å². The zero-order chi connectivity index (χ0) is 16.0. The van der Waals surface area contributed by atoms with E-state index in [4.69, 9.17) is 9.84 Å². The lowest BCUT2D eigenvalue weighted by Crippen LogP contribution is -2.45. The number of benzene rings is 1. The summed E-state index contributed by atoms with van der Waals surface area (Å²) in [6.07, 6.45) is 0.246. The molecule has 0 fully saturated rings. The van der Waals surface area contributed by atoms with E-state index in [1.165, 1.54) is 12.1 Å². The minimum atomic E-state index is -0.925. The molecule has 0 aliphatic rings. The molecule has 0 saturated carbocycles. The molecule has 7 heteroatoms. The SMILES string of the molecule is CC(C)(CCC(=O)O)NC(=O)COc1ccc(Br)cc1F. The van der Waals surface area contributed by atoms with Crippen LogP contribution in [0, 0.1) is 5.82 Å². The van der Waals surface area contributed by atoms with Gasteiger partial charge in [0.2, 0.25) is 0 Å². The Bertz CT molecular complexity index is 534. The Kier molecular flexibility index (Phi) is 6.14. The van der Waals surface area contributed by atoms with Gasteiger partial charge in [-0.2, -0.15) is 0 Å². The summed E-state index contributed by atoms with van der Waals surface area (Å²) in [6, 6.07) is 4.26. The predicted octanol–water partition coefficient (Wildman–Crippen LogP) is 2.73. The fourth-order valence-electron chi connectivity index (χ4n) is 1.63. The summed E-state index contributed by atoms with van der Waals surface area (Å²) >= 11 is 3.12. The summed E-state index contributed by atoms with van der Waals surface area (Å²) in [4.78, 5) is 22.3. The molecule has 2 N–H and O–H groups in total. The van der Waals surface area contributed by atoms with Crippen LogP contribution in [0.5, 0.6) is 5.75 Å². The van der Waals surface area contributed by atoms with E-state index in [-0.39, 0.29) is 18.8 Å². The number of aliphatic carboxylic acids is 1. The molecule has 1 rings (SSSR count). The zero-order valence-electron chi connectivity index (χ0n) is 11.8. The minimum absolute atomic E-state index is 0.0170. The van der Waals surface area contributed by atoms with Crippen molar-refractivity contribution in [3.8, 4) is 5.75 Å². The maximum absolute atomic E-state index is 13.5. The maximum Gasteiger partial charge on any atom is 0.303 e. The molecule has 0 bridgehead atoms. The number of hydrogen-bond donors (Lipinski definition) is 2. The standard InChI is InChI=1S/C14H17BrFNO4/c1-14(2,6-5-13(19)20)17-12(18)8-21-11-4-3-9(15)7-10(11)16/h3-4,7H,5-6,8H2,1-2H3,(H,17,18)(H,19,20). The highest BCUT2D eigenvalue weighted by molar-refractivity contribution is 9.10. The topological polar surface area (TPSA) is 75.6 Å². The smallest absolute Gasteiger partial charge is 0.303 e. The second-order valence-corrected chi connectivity index (χ2v) is 6.10. The van der Waals surface area contributed by atoms with E-state index in [0.29, 0.717) is 10.9 Å². The summed E-state index contributed by atoms with van der Waals surface area (Å²) < 4.78 is 19.2. The average molecular weight is 362 g/mol. The van der Waals surface area contributed by atoms with E-state index in [0.717, 1.165) is 0 Å². The number of carbonyl (C=O) groups is 2. The number of halogens is 2. The predicted molar refractivity (Wildman–Crippen MR) is 78.7 cm³/mol. The van der Waals surface area contributed by atoms with Gasteiger partial charge in [0.15, 0.2) is 18.2 Å². The molecule has 0 unspecified atom stereocenters. The van der Waals surface area contributed by atoms with E-state index in [9.17, 15) is 14.0 Å². The molecule has 0 atom stereocenters. The summed E-state index contributed by atoms with van der Waals surface area (Å²) in [5.74, 6) is -1.95. The quantitative estimate of drug-likeness (QED) is 0.782. The second kappa shape index (κ2) is 7.40. The van der Waals surface area contributed by atoms with E-state index in [1.54, 1.807) is 19.9 Å². The third-order valence-electron chi connectivity index (χ3n) is 2.69. The van der Waals surface area contributed by atoms with Crippen LogP contribution in [0.15, 0.2) is 22.7 Å². The van der Waals surface area contributed by atoms with Crippen LogP contribution < -0.4 is 10.1 Å². The third-order valence-corrected chi connectivity index (χ3v) is 3.19. The van der Waals surface area contributed by atoms with Crippen LogP contribution >= 0.6 is 15.9 Å². The lowest BCUT2D eigenvalue weighted by molar-refractivity contribution is -0.138. The highest BCUT2D eigenvalue weighted by Gasteiger charge is 2.21. The lowest BCUT2D eigenvalue weighted by Gasteiger charge is -2.25. The second-order valence-electron chi connectivity index (χ2n) is 5.19. The molecule has 0 radical (unpaired) electrons. The number of nitrogens with one attached hydrogen (secondary N) is 1. The Hall–Kier alpha value is -1.63. The van der Waals surface area contributed by atoms with Crippen LogP contribution in [0.1, 0.15) is 26.7 Å². The van der Waals surface area contributed by atoms with Gasteiger partial charge in [0.1, 0.15) is 0 Å². The van der Waals surface area contributed by atoms with Crippen molar-refractivity contribution in [1.29, 1.82) is 0 Å². The van der Waals surface area contributed by atoms with Crippen molar-refractivity contribution < 1.29 is 23.8 Å². The number of carbonyl (C=O) groups excluding carboxylic acids is 1. The van der Waals surface area contributed by atoms with Crippen LogP contribution in [-0.2, 0) is 9.59 Å². The molecule has 1 aromatic rings. The van der Waals surface area contributed by atoms with E-state index in [2.05, 4.69) is 21.2 Å². The molecule has 1 aromatic carbocycles. The Morgan fingerprint density at radius 1 is 1.43 bits per heavy atom. The van der Waals surface area contributed by atoms with Crippen molar-refractivity contribution in [2.24, 2.45) is 0 Å².